The SMILES string of the molecule is [O-]/C(=N\[n+]1cc2ccccc2cc1-c1ccccc1)c1ccccc1. The van der Waals surface area contributed by atoms with Crippen molar-refractivity contribution in [2.45, 2.75) is 0 Å². The highest BCUT2D eigenvalue weighted by Gasteiger charge is 2.15. The lowest BCUT2D eigenvalue weighted by atomic mass is 10.1. The highest BCUT2D eigenvalue weighted by molar-refractivity contribution is 5.90. The van der Waals surface area contributed by atoms with E-state index in [1.54, 1.807) is 16.8 Å². The van der Waals surface area contributed by atoms with Gasteiger partial charge in [0.2, 0.25) is 11.9 Å². The number of aromatic nitrogens is 1. The summed E-state index contributed by atoms with van der Waals surface area (Å²) in [6, 6.07) is 29.2. The van der Waals surface area contributed by atoms with Gasteiger partial charge in [-0.1, -0.05) is 71.4 Å². The predicted octanol–water partition coefficient (Wildman–Crippen LogP) is 3.36. The first-order valence-electron chi connectivity index (χ1n) is 8.12. The number of nitrogens with zero attached hydrogens (tertiary/aromatic N) is 2. The Kier molecular flexibility index (Phi) is 3.97. The predicted molar refractivity (Wildman–Crippen MR) is 98.0 cm³/mol. The molecule has 1 aromatic heterocycles. The van der Waals surface area contributed by atoms with Crippen LogP contribution in [0.2, 0.25) is 0 Å². The minimum Gasteiger partial charge on any atom is -0.854 e. The van der Waals surface area contributed by atoms with Crippen molar-refractivity contribution in [3.8, 4) is 11.3 Å². The summed E-state index contributed by atoms with van der Waals surface area (Å²) in [6.45, 7) is 0. The van der Waals surface area contributed by atoms with E-state index in [9.17, 15) is 5.11 Å². The Morgan fingerprint density at radius 3 is 2.04 bits per heavy atom. The lowest BCUT2D eigenvalue weighted by molar-refractivity contribution is -0.669. The van der Waals surface area contributed by atoms with Crippen LogP contribution >= 0.6 is 0 Å². The van der Waals surface area contributed by atoms with E-state index in [2.05, 4.69) is 17.2 Å². The van der Waals surface area contributed by atoms with Crippen LogP contribution in [0.4, 0.5) is 0 Å². The summed E-state index contributed by atoms with van der Waals surface area (Å²) >= 11 is 0. The fraction of sp³-hybridized carbons (Fsp3) is 0. The van der Waals surface area contributed by atoms with Gasteiger partial charge >= 0.3 is 0 Å². The van der Waals surface area contributed by atoms with E-state index in [0.717, 1.165) is 22.0 Å². The molecule has 0 N–H and O–H groups in total. The second-order valence-corrected chi connectivity index (χ2v) is 5.77. The average molecular weight is 324 g/mol. The maximum Gasteiger partial charge on any atom is 0.245 e. The smallest absolute Gasteiger partial charge is 0.245 e. The molecular formula is C22H16N2O. The molecule has 4 aromatic rings. The molecule has 1 heterocycles. The molecule has 0 atom stereocenters. The average Bonchev–Trinajstić information content (AvgIpc) is 2.69. The van der Waals surface area contributed by atoms with Gasteiger partial charge in [-0.15, -0.1) is 0 Å². The Bertz CT molecular complexity index is 1040. The zero-order chi connectivity index (χ0) is 17.1. The van der Waals surface area contributed by atoms with Crippen LogP contribution in [0.15, 0.2) is 102 Å². The normalized spacial score (nSPS) is 11.6. The van der Waals surface area contributed by atoms with E-state index in [4.69, 9.17) is 0 Å². The van der Waals surface area contributed by atoms with Gasteiger partial charge in [-0.05, 0) is 34.3 Å². The van der Waals surface area contributed by atoms with Gasteiger partial charge in [0, 0.05) is 17.0 Å². The molecule has 0 aliphatic rings. The zero-order valence-electron chi connectivity index (χ0n) is 13.5. The van der Waals surface area contributed by atoms with Crippen LogP contribution in [0.3, 0.4) is 0 Å². The third-order valence-electron chi connectivity index (χ3n) is 4.09. The maximum atomic E-state index is 12.5. The number of hydrogen-bond donors (Lipinski definition) is 0. The largest absolute Gasteiger partial charge is 0.854 e. The van der Waals surface area contributed by atoms with Crippen LogP contribution in [0.5, 0.6) is 0 Å². The molecule has 4 rings (SSSR count). The molecule has 0 unspecified atom stereocenters. The molecule has 0 amide bonds. The number of fused-ring (bicyclic) bond motifs is 1. The molecule has 120 valence electrons. The van der Waals surface area contributed by atoms with E-state index in [1.807, 2.05) is 72.9 Å². The van der Waals surface area contributed by atoms with Crippen molar-refractivity contribution in [2.75, 3.05) is 0 Å². The fourth-order valence-electron chi connectivity index (χ4n) is 2.82. The molecule has 25 heavy (non-hydrogen) atoms. The summed E-state index contributed by atoms with van der Waals surface area (Å²) in [5.74, 6) is -0.266. The van der Waals surface area contributed by atoms with E-state index in [-0.39, 0.29) is 5.90 Å². The van der Waals surface area contributed by atoms with E-state index >= 15 is 0 Å². The van der Waals surface area contributed by atoms with E-state index in [1.165, 1.54) is 0 Å². The third kappa shape index (κ3) is 3.12. The van der Waals surface area contributed by atoms with Gasteiger partial charge in [0.1, 0.15) is 0 Å². The lowest BCUT2D eigenvalue weighted by Crippen LogP contribution is -2.35. The summed E-state index contributed by atoms with van der Waals surface area (Å²) < 4.78 is 1.67. The summed E-state index contributed by atoms with van der Waals surface area (Å²) in [5.41, 5.74) is 2.46. The Labute approximate surface area is 146 Å². The maximum absolute atomic E-state index is 12.5. The lowest BCUT2D eigenvalue weighted by Gasteiger charge is -2.08. The van der Waals surface area contributed by atoms with Crippen LogP contribution in [-0.2, 0) is 0 Å². The van der Waals surface area contributed by atoms with E-state index < -0.39 is 0 Å². The molecule has 3 heteroatoms. The minimum absolute atomic E-state index is 0.266. The molecule has 0 saturated carbocycles. The first kappa shape index (κ1) is 15.1. The second-order valence-electron chi connectivity index (χ2n) is 5.77. The van der Waals surface area contributed by atoms with Gasteiger partial charge in [-0.2, -0.15) is 0 Å². The van der Waals surface area contributed by atoms with Crippen LogP contribution in [0, 0.1) is 0 Å². The summed E-state index contributed by atoms with van der Waals surface area (Å²) in [4.78, 5) is 0. The van der Waals surface area contributed by atoms with Crippen molar-refractivity contribution in [2.24, 2.45) is 5.10 Å². The van der Waals surface area contributed by atoms with Crippen molar-refractivity contribution in [3.63, 3.8) is 0 Å². The zero-order valence-corrected chi connectivity index (χ0v) is 13.5. The second kappa shape index (κ2) is 6.57. The molecule has 0 aliphatic carbocycles. The highest BCUT2D eigenvalue weighted by Crippen LogP contribution is 2.20. The Hall–Kier alpha value is -3.46. The number of rotatable bonds is 3. The van der Waals surface area contributed by atoms with Crippen LogP contribution < -0.4 is 9.78 Å². The molecule has 0 radical (unpaired) electrons. The van der Waals surface area contributed by atoms with Crippen molar-refractivity contribution in [1.82, 2.24) is 0 Å². The third-order valence-corrected chi connectivity index (χ3v) is 4.09. The monoisotopic (exact) mass is 324 g/mol. The van der Waals surface area contributed by atoms with Gasteiger partial charge in [0.05, 0.1) is 5.90 Å². The van der Waals surface area contributed by atoms with Gasteiger partial charge in [0.15, 0.2) is 0 Å². The molecule has 3 nitrogen and oxygen atoms in total. The molecule has 0 spiro atoms. The Morgan fingerprint density at radius 2 is 1.32 bits per heavy atom. The van der Waals surface area contributed by atoms with Gasteiger partial charge in [-0.3, -0.25) is 0 Å². The summed E-state index contributed by atoms with van der Waals surface area (Å²) in [5, 5.41) is 19.0. The molecule has 0 saturated heterocycles. The number of benzene rings is 3. The summed E-state index contributed by atoms with van der Waals surface area (Å²) in [7, 11) is 0. The first-order valence-corrected chi connectivity index (χ1v) is 8.12. The molecule has 3 aromatic carbocycles. The molecule has 0 bridgehead atoms. The van der Waals surface area contributed by atoms with Crippen LogP contribution in [0.1, 0.15) is 5.56 Å². The van der Waals surface area contributed by atoms with Crippen molar-refractivity contribution < 1.29 is 9.78 Å². The van der Waals surface area contributed by atoms with Crippen LogP contribution in [-0.4, -0.2) is 5.90 Å². The Morgan fingerprint density at radius 1 is 0.720 bits per heavy atom. The molecule has 0 fully saturated rings. The fourth-order valence-corrected chi connectivity index (χ4v) is 2.82. The summed E-state index contributed by atoms with van der Waals surface area (Å²) in [6.07, 6.45) is 1.90. The Balaban J connectivity index is 1.92. The minimum atomic E-state index is -0.266. The number of hydrogen-bond acceptors (Lipinski definition) is 2. The standard InChI is InChI=1S/C22H16N2O/c25-22(18-11-5-2-6-12-18)23-24-16-20-14-8-7-13-19(20)15-21(24)17-9-3-1-4-10-17/h1-16H. The quantitative estimate of drug-likeness (QED) is 0.323. The van der Waals surface area contributed by atoms with Crippen molar-refractivity contribution in [1.29, 1.82) is 0 Å². The topological polar surface area (TPSA) is 39.3 Å². The number of pyridine rings is 1. The molecular weight excluding hydrogens is 308 g/mol. The van der Waals surface area contributed by atoms with Crippen LogP contribution in [0.25, 0.3) is 22.0 Å². The first-order chi connectivity index (χ1) is 12.3. The molecule has 0 aliphatic heterocycles. The van der Waals surface area contributed by atoms with Crippen molar-refractivity contribution >= 4 is 16.7 Å². The van der Waals surface area contributed by atoms with Gasteiger partial charge < -0.3 is 5.11 Å². The van der Waals surface area contributed by atoms with E-state index in [0.29, 0.717) is 5.56 Å². The van der Waals surface area contributed by atoms with Gasteiger partial charge in [0.25, 0.3) is 0 Å². The highest BCUT2D eigenvalue weighted by atomic mass is 16.3. The van der Waals surface area contributed by atoms with Crippen molar-refractivity contribution in [3.05, 3.63) is 103 Å². The van der Waals surface area contributed by atoms with Gasteiger partial charge in [-0.25, -0.2) is 0 Å².